The molecule has 0 amide bonds. The SMILES string of the molecule is CCCCCCN(CCCCCC)c1ncc(Cc2ccccc2)cn1. The van der Waals surface area contributed by atoms with Gasteiger partial charge in [0.05, 0.1) is 0 Å². The van der Waals surface area contributed by atoms with Crippen molar-refractivity contribution in [2.24, 2.45) is 0 Å². The number of nitrogens with zero attached hydrogens (tertiary/aromatic N) is 3. The Hall–Kier alpha value is -1.90. The molecule has 26 heavy (non-hydrogen) atoms. The number of rotatable bonds is 13. The van der Waals surface area contributed by atoms with Gasteiger partial charge in [-0.3, -0.25) is 0 Å². The van der Waals surface area contributed by atoms with Crippen molar-refractivity contribution < 1.29 is 0 Å². The zero-order valence-electron chi connectivity index (χ0n) is 16.7. The molecule has 0 aliphatic carbocycles. The van der Waals surface area contributed by atoms with E-state index in [2.05, 4.69) is 59.0 Å². The Kier molecular flexibility index (Phi) is 9.78. The summed E-state index contributed by atoms with van der Waals surface area (Å²) in [7, 11) is 0. The van der Waals surface area contributed by atoms with Gasteiger partial charge in [0.1, 0.15) is 0 Å². The van der Waals surface area contributed by atoms with Crippen LogP contribution in [0.5, 0.6) is 0 Å². The second-order valence-electron chi connectivity index (χ2n) is 7.16. The zero-order valence-corrected chi connectivity index (χ0v) is 16.7. The molecule has 1 aromatic heterocycles. The molecule has 0 aliphatic rings. The van der Waals surface area contributed by atoms with Crippen molar-refractivity contribution >= 4 is 5.95 Å². The molecule has 2 rings (SSSR count). The van der Waals surface area contributed by atoms with Crippen LogP contribution in [0.3, 0.4) is 0 Å². The van der Waals surface area contributed by atoms with Crippen molar-refractivity contribution in [1.82, 2.24) is 9.97 Å². The van der Waals surface area contributed by atoms with E-state index in [9.17, 15) is 0 Å². The van der Waals surface area contributed by atoms with Crippen LogP contribution in [-0.4, -0.2) is 23.1 Å². The maximum Gasteiger partial charge on any atom is 0.225 e. The maximum atomic E-state index is 4.69. The molecule has 3 nitrogen and oxygen atoms in total. The van der Waals surface area contributed by atoms with Crippen LogP contribution < -0.4 is 4.90 Å². The van der Waals surface area contributed by atoms with Crippen molar-refractivity contribution in [2.45, 2.75) is 71.6 Å². The van der Waals surface area contributed by atoms with Gasteiger partial charge in [-0.05, 0) is 24.0 Å². The van der Waals surface area contributed by atoms with Crippen LogP contribution in [-0.2, 0) is 6.42 Å². The van der Waals surface area contributed by atoms with E-state index >= 15 is 0 Å². The third kappa shape index (κ3) is 7.55. The molecule has 0 aliphatic heterocycles. The fourth-order valence-corrected chi connectivity index (χ4v) is 3.20. The summed E-state index contributed by atoms with van der Waals surface area (Å²) in [6.07, 6.45) is 15.2. The maximum absolute atomic E-state index is 4.69. The van der Waals surface area contributed by atoms with Crippen molar-refractivity contribution in [2.75, 3.05) is 18.0 Å². The fourth-order valence-electron chi connectivity index (χ4n) is 3.20. The van der Waals surface area contributed by atoms with Crippen LogP contribution >= 0.6 is 0 Å². The van der Waals surface area contributed by atoms with E-state index in [1.807, 2.05) is 12.4 Å². The molecule has 0 fully saturated rings. The first-order valence-electron chi connectivity index (χ1n) is 10.4. The number of benzene rings is 1. The van der Waals surface area contributed by atoms with Gasteiger partial charge in [0, 0.05) is 31.9 Å². The number of hydrogen-bond donors (Lipinski definition) is 0. The largest absolute Gasteiger partial charge is 0.341 e. The molecule has 0 saturated heterocycles. The highest BCUT2D eigenvalue weighted by atomic mass is 15.2. The molecular formula is C23H35N3. The van der Waals surface area contributed by atoms with Gasteiger partial charge in [-0.15, -0.1) is 0 Å². The van der Waals surface area contributed by atoms with Crippen LogP contribution in [0.1, 0.15) is 76.3 Å². The third-order valence-corrected chi connectivity index (χ3v) is 4.79. The predicted octanol–water partition coefficient (Wildman–Crippen LogP) is 6.03. The monoisotopic (exact) mass is 353 g/mol. The normalized spacial score (nSPS) is 10.8. The molecule has 1 heterocycles. The first kappa shape index (κ1) is 20.4. The van der Waals surface area contributed by atoms with Crippen molar-refractivity contribution in [3.05, 3.63) is 53.9 Å². The van der Waals surface area contributed by atoms with Gasteiger partial charge in [0.2, 0.25) is 5.95 Å². The molecule has 0 bridgehead atoms. The molecule has 0 N–H and O–H groups in total. The molecule has 0 unspecified atom stereocenters. The molecule has 2 aromatic rings. The van der Waals surface area contributed by atoms with Crippen molar-refractivity contribution in [3.8, 4) is 0 Å². The average molecular weight is 354 g/mol. The standard InChI is InChI=1S/C23H35N3/c1-3-5-7-12-16-26(17-13-8-6-4-2)23-24-19-22(20-25-23)18-21-14-10-9-11-15-21/h9-11,14-15,19-20H,3-8,12-13,16-18H2,1-2H3. The lowest BCUT2D eigenvalue weighted by atomic mass is 10.1. The van der Waals surface area contributed by atoms with Crippen LogP contribution in [0.2, 0.25) is 0 Å². The highest BCUT2D eigenvalue weighted by Crippen LogP contribution is 2.14. The van der Waals surface area contributed by atoms with Gasteiger partial charge in [0.25, 0.3) is 0 Å². The molecule has 142 valence electrons. The summed E-state index contributed by atoms with van der Waals surface area (Å²) in [5, 5.41) is 0. The summed E-state index contributed by atoms with van der Waals surface area (Å²) in [5.74, 6) is 0.898. The van der Waals surface area contributed by atoms with Crippen LogP contribution in [0.15, 0.2) is 42.7 Å². The van der Waals surface area contributed by atoms with E-state index in [1.165, 1.54) is 62.5 Å². The van der Waals surface area contributed by atoms with E-state index in [0.29, 0.717) is 0 Å². The Morgan fingerprint density at radius 3 is 1.81 bits per heavy atom. The van der Waals surface area contributed by atoms with Gasteiger partial charge in [0.15, 0.2) is 0 Å². The molecule has 3 heteroatoms. The quantitative estimate of drug-likeness (QED) is 0.411. The molecule has 0 radical (unpaired) electrons. The Bertz CT molecular complexity index is 568. The summed E-state index contributed by atoms with van der Waals surface area (Å²) in [4.78, 5) is 11.8. The summed E-state index contributed by atoms with van der Waals surface area (Å²) < 4.78 is 0. The summed E-state index contributed by atoms with van der Waals surface area (Å²) in [6.45, 7) is 6.67. The first-order valence-corrected chi connectivity index (χ1v) is 10.4. The van der Waals surface area contributed by atoms with Gasteiger partial charge in [-0.2, -0.15) is 0 Å². The zero-order chi connectivity index (χ0) is 18.5. The first-order chi connectivity index (χ1) is 12.8. The molecule has 0 saturated carbocycles. The van der Waals surface area contributed by atoms with Crippen LogP contribution in [0, 0.1) is 0 Å². The minimum atomic E-state index is 0.897. The van der Waals surface area contributed by atoms with Crippen molar-refractivity contribution in [1.29, 1.82) is 0 Å². The molecular weight excluding hydrogens is 318 g/mol. The van der Waals surface area contributed by atoms with E-state index in [-0.39, 0.29) is 0 Å². The van der Waals surface area contributed by atoms with Crippen LogP contribution in [0.4, 0.5) is 5.95 Å². The topological polar surface area (TPSA) is 29.0 Å². The van der Waals surface area contributed by atoms with Gasteiger partial charge >= 0.3 is 0 Å². The highest BCUT2D eigenvalue weighted by Gasteiger charge is 2.09. The Morgan fingerprint density at radius 1 is 0.692 bits per heavy atom. The van der Waals surface area contributed by atoms with E-state index in [1.54, 1.807) is 0 Å². The van der Waals surface area contributed by atoms with E-state index in [0.717, 1.165) is 25.5 Å². The lowest BCUT2D eigenvalue weighted by Crippen LogP contribution is -2.27. The average Bonchev–Trinajstić information content (AvgIpc) is 2.68. The summed E-state index contributed by atoms with van der Waals surface area (Å²) in [5.41, 5.74) is 2.48. The Labute approximate surface area is 159 Å². The highest BCUT2D eigenvalue weighted by molar-refractivity contribution is 5.31. The second-order valence-corrected chi connectivity index (χ2v) is 7.16. The Morgan fingerprint density at radius 2 is 1.27 bits per heavy atom. The fraction of sp³-hybridized carbons (Fsp3) is 0.565. The number of aromatic nitrogens is 2. The van der Waals surface area contributed by atoms with E-state index < -0.39 is 0 Å². The second kappa shape index (κ2) is 12.5. The minimum Gasteiger partial charge on any atom is -0.341 e. The summed E-state index contributed by atoms with van der Waals surface area (Å²) >= 11 is 0. The van der Waals surface area contributed by atoms with Crippen molar-refractivity contribution in [3.63, 3.8) is 0 Å². The Balaban J connectivity index is 1.93. The van der Waals surface area contributed by atoms with Gasteiger partial charge in [-0.25, -0.2) is 9.97 Å². The number of unbranched alkanes of at least 4 members (excludes halogenated alkanes) is 6. The van der Waals surface area contributed by atoms with Gasteiger partial charge < -0.3 is 4.90 Å². The summed E-state index contributed by atoms with van der Waals surface area (Å²) in [6, 6.07) is 10.5. The molecule has 1 aromatic carbocycles. The van der Waals surface area contributed by atoms with E-state index in [4.69, 9.17) is 0 Å². The smallest absolute Gasteiger partial charge is 0.225 e. The van der Waals surface area contributed by atoms with Gasteiger partial charge in [-0.1, -0.05) is 82.7 Å². The number of anilines is 1. The number of hydrogen-bond acceptors (Lipinski definition) is 3. The minimum absolute atomic E-state index is 0.897. The third-order valence-electron chi connectivity index (χ3n) is 4.79. The molecule has 0 atom stereocenters. The van der Waals surface area contributed by atoms with Crippen LogP contribution in [0.25, 0.3) is 0 Å². The molecule has 0 spiro atoms. The lowest BCUT2D eigenvalue weighted by molar-refractivity contribution is 0.601. The predicted molar refractivity (Wildman–Crippen MR) is 112 cm³/mol. The lowest BCUT2D eigenvalue weighted by Gasteiger charge is -2.22.